The van der Waals surface area contributed by atoms with E-state index in [1.54, 1.807) is 0 Å². The van der Waals surface area contributed by atoms with Crippen molar-refractivity contribution in [3.05, 3.63) is 0 Å². The summed E-state index contributed by atoms with van der Waals surface area (Å²) in [5.41, 5.74) is 0. The molecule has 12 heavy (non-hydrogen) atoms. The van der Waals surface area contributed by atoms with Gasteiger partial charge in [-0.3, -0.25) is 0 Å². The molecule has 0 aliphatic heterocycles. The van der Waals surface area contributed by atoms with Gasteiger partial charge in [0.1, 0.15) is 4.32 Å². The lowest BCUT2D eigenvalue weighted by Crippen LogP contribution is -2.22. The molecule has 0 aromatic heterocycles. The highest BCUT2D eigenvalue weighted by molar-refractivity contribution is 8.11. The van der Waals surface area contributed by atoms with E-state index in [2.05, 4.69) is 24.9 Å². The molecule has 0 rings (SSSR count). The van der Waals surface area contributed by atoms with Crippen LogP contribution in [0.4, 0.5) is 0 Å². The highest BCUT2D eigenvalue weighted by atomic mass is 32.2. The Labute approximate surface area is 89.2 Å². The van der Waals surface area contributed by atoms with Crippen molar-refractivity contribution in [2.45, 2.75) is 6.92 Å². The number of thiol groups is 1. The lowest BCUT2D eigenvalue weighted by Gasteiger charge is -2.04. The number of nitrogens with one attached hydrogen (secondary N) is 1. The van der Waals surface area contributed by atoms with Gasteiger partial charge in [0.15, 0.2) is 0 Å². The molecule has 0 aromatic rings. The zero-order valence-corrected chi connectivity index (χ0v) is 9.73. The largest absolute Gasteiger partial charge is 0.379 e. The molecule has 0 bridgehead atoms. The second-order valence-corrected chi connectivity index (χ2v) is 4.59. The first-order chi connectivity index (χ1) is 5.77. The molecule has 0 spiro atoms. The van der Waals surface area contributed by atoms with E-state index in [-0.39, 0.29) is 0 Å². The Morgan fingerprint density at radius 2 is 2.33 bits per heavy atom. The van der Waals surface area contributed by atoms with E-state index in [0.717, 1.165) is 24.7 Å². The molecular formula is C7H15NOS3. The first-order valence-corrected chi connectivity index (χ1v) is 5.90. The number of thioether (sulfide) groups is 1. The maximum atomic E-state index is 5.31. The van der Waals surface area contributed by atoms with Crippen molar-refractivity contribution in [3.8, 4) is 0 Å². The Bertz CT molecular complexity index is 121. The van der Waals surface area contributed by atoms with Crippen LogP contribution in [0.15, 0.2) is 0 Å². The molecule has 0 aromatic carbocycles. The molecule has 0 saturated carbocycles. The molecule has 0 aliphatic rings. The maximum absolute atomic E-state index is 5.31. The Morgan fingerprint density at radius 1 is 1.58 bits per heavy atom. The third-order valence-corrected chi connectivity index (χ3v) is 2.26. The fraction of sp³-hybridized carbons (Fsp3) is 0.857. The van der Waals surface area contributed by atoms with E-state index in [4.69, 9.17) is 17.0 Å². The zero-order chi connectivity index (χ0) is 9.23. The maximum Gasteiger partial charge on any atom is 0.130 e. The van der Waals surface area contributed by atoms with Crippen LogP contribution in [0.3, 0.4) is 0 Å². The Hall–Kier alpha value is 0.550. The first-order valence-electron chi connectivity index (χ1n) is 3.89. The van der Waals surface area contributed by atoms with E-state index < -0.39 is 0 Å². The summed E-state index contributed by atoms with van der Waals surface area (Å²) in [6, 6.07) is 0. The van der Waals surface area contributed by atoms with Gasteiger partial charge in [0.05, 0.1) is 13.2 Å². The standard InChI is InChI=1S/C7H15NOS3/c1-2-12-6-5-9-4-3-8-7(10)11/h2-6H2,1H3,(H2,8,10,11). The summed E-state index contributed by atoms with van der Waals surface area (Å²) < 4.78 is 5.84. The van der Waals surface area contributed by atoms with Crippen LogP contribution in [-0.2, 0) is 4.74 Å². The van der Waals surface area contributed by atoms with Crippen LogP contribution in [0.1, 0.15) is 6.92 Å². The molecule has 0 saturated heterocycles. The Balaban J connectivity index is 2.86. The average molecular weight is 225 g/mol. The van der Waals surface area contributed by atoms with Gasteiger partial charge in [-0.1, -0.05) is 19.1 Å². The second-order valence-electron chi connectivity index (χ2n) is 2.04. The van der Waals surface area contributed by atoms with Crippen LogP contribution >= 0.6 is 36.6 Å². The van der Waals surface area contributed by atoms with E-state index in [1.807, 2.05) is 11.8 Å². The van der Waals surface area contributed by atoms with Gasteiger partial charge in [-0.25, -0.2) is 0 Å². The third-order valence-electron chi connectivity index (χ3n) is 1.10. The summed E-state index contributed by atoms with van der Waals surface area (Å²) in [5, 5.41) is 2.90. The summed E-state index contributed by atoms with van der Waals surface area (Å²) in [5.74, 6) is 2.23. The molecule has 5 heteroatoms. The fourth-order valence-electron chi connectivity index (χ4n) is 0.594. The van der Waals surface area contributed by atoms with Crippen molar-refractivity contribution in [3.63, 3.8) is 0 Å². The van der Waals surface area contributed by atoms with E-state index in [1.165, 1.54) is 0 Å². The average Bonchev–Trinajstić information content (AvgIpc) is 2.02. The van der Waals surface area contributed by atoms with Crippen molar-refractivity contribution in [1.29, 1.82) is 0 Å². The van der Waals surface area contributed by atoms with Gasteiger partial charge in [-0.05, 0) is 5.75 Å². The normalized spacial score (nSPS) is 9.83. The quantitative estimate of drug-likeness (QED) is 0.389. The minimum atomic E-state index is 0.529. The second kappa shape index (κ2) is 9.64. The number of rotatable bonds is 7. The molecule has 0 atom stereocenters. The summed E-state index contributed by atoms with van der Waals surface area (Å²) in [6.07, 6.45) is 0. The molecule has 0 unspecified atom stereocenters. The van der Waals surface area contributed by atoms with Gasteiger partial charge in [0, 0.05) is 12.3 Å². The Kier molecular flexibility index (Phi) is 10.1. The predicted octanol–water partition coefficient (Wildman–Crippen LogP) is 1.56. The molecule has 72 valence electrons. The lowest BCUT2D eigenvalue weighted by molar-refractivity contribution is 0.155. The molecule has 0 radical (unpaired) electrons. The monoisotopic (exact) mass is 225 g/mol. The molecular weight excluding hydrogens is 210 g/mol. The Morgan fingerprint density at radius 3 is 2.92 bits per heavy atom. The van der Waals surface area contributed by atoms with Crippen LogP contribution in [0.5, 0.6) is 0 Å². The molecule has 2 nitrogen and oxygen atoms in total. The fourth-order valence-corrected chi connectivity index (χ4v) is 1.33. The first kappa shape index (κ1) is 12.6. The summed E-state index contributed by atoms with van der Waals surface area (Å²) in [6.45, 7) is 4.41. The van der Waals surface area contributed by atoms with Crippen molar-refractivity contribution in [2.75, 3.05) is 31.3 Å². The van der Waals surface area contributed by atoms with Crippen molar-refractivity contribution < 1.29 is 4.74 Å². The van der Waals surface area contributed by atoms with Crippen LogP contribution < -0.4 is 5.32 Å². The van der Waals surface area contributed by atoms with E-state index in [0.29, 0.717) is 10.9 Å². The number of hydrogen-bond donors (Lipinski definition) is 2. The highest BCUT2D eigenvalue weighted by Crippen LogP contribution is 1.96. The van der Waals surface area contributed by atoms with Gasteiger partial charge in [-0.2, -0.15) is 11.8 Å². The highest BCUT2D eigenvalue weighted by Gasteiger charge is 1.89. The van der Waals surface area contributed by atoms with Gasteiger partial charge >= 0.3 is 0 Å². The van der Waals surface area contributed by atoms with E-state index >= 15 is 0 Å². The topological polar surface area (TPSA) is 21.3 Å². The zero-order valence-electron chi connectivity index (χ0n) is 7.21. The van der Waals surface area contributed by atoms with E-state index in [9.17, 15) is 0 Å². The molecule has 0 heterocycles. The van der Waals surface area contributed by atoms with Crippen molar-refractivity contribution >= 4 is 40.9 Å². The molecule has 0 aliphatic carbocycles. The molecule has 0 amide bonds. The summed E-state index contributed by atoms with van der Waals surface area (Å²) in [4.78, 5) is 0. The van der Waals surface area contributed by atoms with Gasteiger partial charge < -0.3 is 10.1 Å². The number of thiocarbonyl (C=S) groups is 1. The van der Waals surface area contributed by atoms with Crippen molar-refractivity contribution in [2.24, 2.45) is 0 Å². The third kappa shape index (κ3) is 10.6. The smallest absolute Gasteiger partial charge is 0.130 e. The molecule has 0 fully saturated rings. The van der Waals surface area contributed by atoms with Crippen LogP contribution in [0.2, 0.25) is 0 Å². The van der Waals surface area contributed by atoms with Gasteiger partial charge in [-0.15, -0.1) is 12.6 Å². The van der Waals surface area contributed by atoms with Crippen LogP contribution in [0, 0.1) is 0 Å². The van der Waals surface area contributed by atoms with Crippen LogP contribution in [0.25, 0.3) is 0 Å². The predicted molar refractivity (Wildman–Crippen MR) is 63.4 cm³/mol. The van der Waals surface area contributed by atoms with Gasteiger partial charge in [0.2, 0.25) is 0 Å². The molecule has 1 N–H and O–H groups in total. The lowest BCUT2D eigenvalue weighted by atomic mass is 10.7. The van der Waals surface area contributed by atoms with Crippen LogP contribution in [-0.4, -0.2) is 35.6 Å². The number of ether oxygens (including phenoxy) is 1. The SMILES string of the molecule is CCSCCOCCNC(=S)S. The summed E-state index contributed by atoms with van der Waals surface area (Å²) >= 11 is 10.5. The van der Waals surface area contributed by atoms with Gasteiger partial charge in [0.25, 0.3) is 0 Å². The minimum absolute atomic E-state index is 0.529. The van der Waals surface area contributed by atoms with Crippen molar-refractivity contribution in [1.82, 2.24) is 5.32 Å². The number of hydrogen-bond acceptors (Lipinski definition) is 3. The minimum Gasteiger partial charge on any atom is -0.379 e. The summed E-state index contributed by atoms with van der Waals surface area (Å²) in [7, 11) is 0.